The molecule has 0 saturated heterocycles. The van der Waals surface area contributed by atoms with E-state index in [1.54, 1.807) is 0 Å². The van der Waals surface area contributed by atoms with Crippen LogP contribution < -0.4 is 5.32 Å². The van der Waals surface area contributed by atoms with Crippen molar-refractivity contribution < 1.29 is 0 Å². The standard InChI is InChI=1S/C13H20ClN/c1-10(2)15-8-4-5-12-7-6-11(3)9-13(12)14/h6-7,9-10,15H,4-5,8H2,1-3H3. The van der Waals surface area contributed by atoms with Gasteiger partial charge in [-0.05, 0) is 43.5 Å². The zero-order valence-corrected chi connectivity index (χ0v) is 10.6. The molecular weight excluding hydrogens is 206 g/mol. The summed E-state index contributed by atoms with van der Waals surface area (Å²) in [6.45, 7) is 7.45. The topological polar surface area (TPSA) is 12.0 Å². The maximum atomic E-state index is 6.15. The maximum Gasteiger partial charge on any atom is 0.0440 e. The number of nitrogens with one attached hydrogen (secondary N) is 1. The summed E-state index contributed by atoms with van der Waals surface area (Å²) in [6.07, 6.45) is 2.19. The van der Waals surface area contributed by atoms with Crippen LogP contribution in [0.1, 0.15) is 31.4 Å². The van der Waals surface area contributed by atoms with Crippen LogP contribution in [0.4, 0.5) is 0 Å². The molecule has 15 heavy (non-hydrogen) atoms. The highest BCUT2D eigenvalue weighted by molar-refractivity contribution is 6.31. The van der Waals surface area contributed by atoms with Crippen LogP contribution in [-0.2, 0) is 6.42 Å². The van der Waals surface area contributed by atoms with Crippen molar-refractivity contribution in [1.29, 1.82) is 0 Å². The first kappa shape index (κ1) is 12.5. The van der Waals surface area contributed by atoms with Crippen LogP contribution in [0.3, 0.4) is 0 Å². The van der Waals surface area contributed by atoms with Crippen molar-refractivity contribution in [3.05, 3.63) is 34.3 Å². The molecule has 0 aliphatic heterocycles. The molecule has 84 valence electrons. The molecule has 0 atom stereocenters. The number of halogens is 1. The fourth-order valence-corrected chi connectivity index (χ4v) is 1.85. The molecule has 0 bridgehead atoms. The van der Waals surface area contributed by atoms with E-state index in [4.69, 9.17) is 11.6 Å². The molecule has 0 spiro atoms. The minimum atomic E-state index is 0.568. The SMILES string of the molecule is Cc1ccc(CCCNC(C)C)c(Cl)c1. The van der Waals surface area contributed by atoms with Crippen molar-refractivity contribution >= 4 is 11.6 Å². The number of hydrogen-bond donors (Lipinski definition) is 1. The van der Waals surface area contributed by atoms with Gasteiger partial charge in [-0.25, -0.2) is 0 Å². The van der Waals surface area contributed by atoms with Gasteiger partial charge in [0.05, 0.1) is 0 Å². The van der Waals surface area contributed by atoms with Gasteiger partial charge >= 0.3 is 0 Å². The second-order valence-corrected chi connectivity index (χ2v) is 4.71. The summed E-state index contributed by atoms with van der Waals surface area (Å²) < 4.78 is 0. The smallest absolute Gasteiger partial charge is 0.0440 e. The van der Waals surface area contributed by atoms with Gasteiger partial charge in [0.25, 0.3) is 0 Å². The second kappa shape index (κ2) is 6.14. The molecular formula is C13H20ClN. The van der Waals surface area contributed by atoms with Gasteiger partial charge in [-0.2, -0.15) is 0 Å². The predicted octanol–water partition coefficient (Wildman–Crippen LogP) is 3.58. The molecule has 0 aromatic heterocycles. The Hall–Kier alpha value is -0.530. The van der Waals surface area contributed by atoms with E-state index >= 15 is 0 Å². The number of rotatable bonds is 5. The van der Waals surface area contributed by atoms with Crippen molar-refractivity contribution in [3.63, 3.8) is 0 Å². The average Bonchev–Trinajstić information content (AvgIpc) is 2.14. The summed E-state index contributed by atoms with van der Waals surface area (Å²) in [7, 11) is 0. The summed E-state index contributed by atoms with van der Waals surface area (Å²) in [5.74, 6) is 0. The molecule has 0 aliphatic rings. The molecule has 1 aromatic carbocycles. The van der Waals surface area contributed by atoms with E-state index in [0.29, 0.717) is 6.04 Å². The monoisotopic (exact) mass is 225 g/mol. The van der Waals surface area contributed by atoms with Gasteiger partial charge in [-0.1, -0.05) is 37.6 Å². The highest BCUT2D eigenvalue weighted by Gasteiger charge is 2.00. The third kappa shape index (κ3) is 4.67. The van der Waals surface area contributed by atoms with E-state index in [1.807, 2.05) is 6.07 Å². The molecule has 1 nitrogen and oxygen atoms in total. The summed E-state index contributed by atoms with van der Waals surface area (Å²) in [6, 6.07) is 6.86. The average molecular weight is 226 g/mol. The van der Waals surface area contributed by atoms with Gasteiger partial charge in [0.15, 0.2) is 0 Å². The Labute approximate surface area is 97.8 Å². The third-order valence-corrected chi connectivity index (χ3v) is 2.74. The molecule has 0 fully saturated rings. The first-order valence-corrected chi connectivity index (χ1v) is 5.96. The Morgan fingerprint density at radius 1 is 1.33 bits per heavy atom. The molecule has 0 aliphatic carbocycles. The van der Waals surface area contributed by atoms with Gasteiger partial charge < -0.3 is 5.32 Å². The largest absolute Gasteiger partial charge is 0.315 e. The summed E-state index contributed by atoms with van der Waals surface area (Å²) in [4.78, 5) is 0. The highest BCUT2D eigenvalue weighted by atomic mass is 35.5. The normalized spacial score (nSPS) is 11.0. The van der Waals surface area contributed by atoms with E-state index in [9.17, 15) is 0 Å². The van der Waals surface area contributed by atoms with E-state index in [1.165, 1.54) is 11.1 Å². The van der Waals surface area contributed by atoms with E-state index in [2.05, 4.69) is 38.2 Å². The maximum absolute atomic E-state index is 6.15. The molecule has 2 heteroatoms. The zero-order valence-electron chi connectivity index (χ0n) is 9.81. The molecule has 0 radical (unpaired) electrons. The van der Waals surface area contributed by atoms with Crippen LogP contribution in [0, 0.1) is 6.92 Å². The molecule has 0 amide bonds. The molecule has 0 unspecified atom stereocenters. The Kier molecular flexibility index (Phi) is 5.13. The fourth-order valence-electron chi connectivity index (χ4n) is 1.52. The summed E-state index contributed by atoms with van der Waals surface area (Å²) in [5.41, 5.74) is 2.48. The summed E-state index contributed by atoms with van der Waals surface area (Å²) in [5, 5.41) is 4.31. The Morgan fingerprint density at radius 3 is 2.67 bits per heavy atom. The third-order valence-electron chi connectivity index (χ3n) is 2.38. The van der Waals surface area contributed by atoms with Gasteiger partial charge in [-0.3, -0.25) is 0 Å². The molecule has 1 N–H and O–H groups in total. The van der Waals surface area contributed by atoms with Crippen LogP contribution in [-0.4, -0.2) is 12.6 Å². The first-order chi connectivity index (χ1) is 7.09. The Bertz CT molecular complexity index is 307. The van der Waals surface area contributed by atoms with Gasteiger partial charge in [-0.15, -0.1) is 0 Å². The molecule has 1 rings (SSSR count). The minimum absolute atomic E-state index is 0.568. The number of benzene rings is 1. The van der Waals surface area contributed by atoms with Gasteiger partial charge in [0, 0.05) is 11.1 Å². The van der Waals surface area contributed by atoms with Crippen LogP contribution in [0.5, 0.6) is 0 Å². The second-order valence-electron chi connectivity index (χ2n) is 4.31. The first-order valence-electron chi connectivity index (χ1n) is 5.58. The summed E-state index contributed by atoms with van der Waals surface area (Å²) >= 11 is 6.15. The lowest BCUT2D eigenvalue weighted by molar-refractivity contribution is 0.570. The van der Waals surface area contributed by atoms with Crippen molar-refractivity contribution in [1.82, 2.24) is 5.32 Å². The minimum Gasteiger partial charge on any atom is -0.315 e. The predicted molar refractivity (Wildman–Crippen MR) is 67.6 cm³/mol. The lowest BCUT2D eigenvalue weighted by Crippen LogP contribution is -2.23. The van der Waals surface area contributed by atoms with E-state index < -0.39 is 0 Å². The lowest BCUT2D eigenvalue weighted by Gasteiger charge is -2.08. The molecule has 1 aromatic rings. The van der Waals surface area contributed by atoms with Crippen molar-refractivity contribution in [2.24, 2.45) is 0 Å². The van der Waals surface area contributed by atoms with Gasteiger partial charge in [0.2, 0.25) is 0 Å². The van der Waals surface area contributed by atoms with Crippen molar-refractivity contribution in [3.8, 4) is 0 Å². The van der Waals surface area contributed by atoms with Crippen LogP contribution in [0.25, 0.3) is 0 Å². The van der Waals surface area contributed by atoms with Crippen molar-refractivity contribution in [2.45, 2.75) is 39.7 Å². The van der Waals surface area contributed by atoms with Crippen LogP contribution in [0.2, 0.25) is 5.02 Å². The Morgan fingerprint density at radius 2 is 2.07 bits per heavy atom. The van der Waals surface area contributed by atoms with Crippen molar-refractivity contribution in [2.75, 3.05) is 6.54 Å². The quantitative estimate of drug-likeness (QED) is 0.756. The lowest BCUT2D eigenvalue weighted by atomic mass is 10.1. The zero-order chi connectivity index (χ0) is 11.3. The Balaban J connectivity index is 2.37. The van der Waals surface area contributed by atoms with E-state index in [-0.39, 0.29) is 0 Å². The highest BCUT2D eigenvalue weighted by Crippen LogP contribution is 2.18. The fraction of sp³-hybridized carbons (Fsp3) is 0.538. The number of aryl methyl sites for hydroxylation is 2. The van der Waals surface area contributed by atoms with Crippen LogP contribution in [0.15, 0.2) is 18.2 Å². The number of hydrogen-bond acceptors (Lipinski definition) is 1. The molecule has 0 heterocycles. The molecule has 0 saturated carbocycles. The van der Waals surface area contributed by atoms with Gasteiger partial charge in [0.1, 0.15) is 0 Å². The van der Waals surface area contributed by atoms with Crippen LogP contribution >= 0.6 is 11.6 Å². The van der Waals surface area contributed by atoms with E-state index in [0.717, 1.165) is 24.4 Å².